The molecule has 0 aliphatic heterocycles. The molecule has 0 bridgehead atoms. The summed E-state index contributed by atoms with van der Waals surface area (Å²) in [5, 5.41) is 38.9. The molecule has 2 aromatic heterocycles. The monoisotopic (exact) mass is 442 g/mol. The van der Waals surface area contributed by atoms with Crippen molar-refractivity contribution >= 4 is 16.7 Å². The first-order valence-electron chi connectivity index (χ1n) is 9.81. The second-order valence-corrected chi connectivity index (χ2v) is 7.28. The Kier molecular flexibility index (Phi) is 4.58. The topological polar surface area (TPSA) is 121 Å². The molecule has 0 spiro atoms. The molecule has 156 valence electrons. The van der Waals surface area contributed by atoms with E-state index in [-0.39, 0.29) is 33.4 Å². The number of aromatic nitrogens is 2. The standard InChI is InChI=1S/C26H8F2N6/c27-18-6-5-15-19(13(9-29)10-30)23(20(14(11-31)12-32)22(15)24(18)28)21-16-3-1-7-33-25(16)26-17(21)4-2-8-34-26/h1-8H. The molecule has 0 amide bonds. The molecule has 0 fully saturated rings. The van der Waals surface area contributed by atoms with Crippen LogP contribution in [-0.4, -0.2) is 9.97 Å². The van der Waals surface area contributed by atoms with Crippen molar-refractivity contribution in [3.05, 3.63) is 99.4 Å². The molecule has 2 heterocycles. The summed E-state index contributed by atoms with van der Waals surface area (Å²) in [5.74, 6) is -2.47. The molecule has 0 unspecified atom stereocenters. The third-order valence-corrected chi connectivity index (χ3v) is 5.69. The fraction of sp³-hybridized carbons (Fsp3) is 0. The van der Waals surface area contributed by atoms with E-state index in [0.717, 1.165) is 6.07 Å². The van der Waals surface area contributed by atoms with Gasteiger partial charge in [0.1, 0.15) is 35.4 Å². The first kappa shape index (κ1) is 20.5. The van der Waals surface area contributed by atoms with Gasteiger partial charge in [0.15, 0.2) is 11.6 Å². The molecular formula is C26H8F2N6. The molecule has 34 heavy (non-hydrogen) atoms. The maximum Gasteiger partial charge on any atom is 0.167 e. The number of rotatable bonds is 0. The van der Waals surface area contributed by atoms with E-state index in [2.05, 4.69) is 9.97 Å². The maximum atomic E-state index is 15.2. The predicted molar refractivity (Wildman–Crippen MR) is 116 cm³/mol. The first-order valence-corrected chi connectivity index (χ1v) is 9.81. The van der Waals surface area contributed by atoms with Gasteiger partial charge in [0, 0.05) is 51.4 Å². The highest BCUT2D eigenvalue weighted by Crippen LogP contribution is 2.56. The zero-order valence-corrected chi connectivity index (χ0v) is 17.1. The van der Waals surface area contributed by atoms with Gasteiger partial charge < -0.3 is 0 Å². The molecule has 1 aromatic carbocycles. The minimum atomic E-state index is -1.28. The smallest absolute Gasteiger partial charge is 0.167 e. The number of pyridine rings is 2. The molecule has 0 saturated heterocycles. The number of halogens is 2. The molecule has 8 heteroatoms. The summed E-state index contributed by atoms with van der Waals surface area (Å²) < 4.78 is 29.6. The van der Waals surface area contributed by atoms with E-state index in [9.17, 15) is 25.4 Å². The first-order chi connectivity index (χ1) is 16.6. The number of nitriles is 4. The number of hydrogen-bond donors (Lipinski definition) is 0. The normalized spacial score (nSPS) is 12.6. The molecule has 3 aromatic rings. The lowest BCUT2D eigenvalue weighted by atomic mass is 9.88. The fourth-order valence-corrected chi connectivity index (χ4v) is 4.43. The van der Waals surface area contributed by atoms with Crippen molar-refractivity contribution in [2.75, 3.05) is 0 Å². The highest BCUT2D eigenvalue weighted by atomic mass is 19.2. The van der Waals surface area contributed by atoms with Crippen LogP contribution in [-0.2, 0) is 0 Å². The average molecular weight is 442 g/mol. The van der Waals surface area contributed by atoms with Crippen LogP contribution in [0, 0.1) is 57.0 Å². The summed E-state index contributed by atoms with van der Waals surface area (Å²) in [7, 11) is 0. The lowest BCUT2D eigenvalue weighted by Gasteiger charge is -2.12. The molecule has 0 radical (unpaired) electrons. The van der Waals surface area contributed by atoms with Gasteiger partial charge in [0.2, 0.25) is 0 Å². The van der Waals surface area contributed by atoms with Crippen LogP contribution in [0.1, 0.15) is 22.3 Å². The summed E-state index contributed by atoms with van der Waals surface area (Å²) in [5.41, 5.74) is 1.32. The minimum Gasteiger partial charge on any atom is -0.254 e. The van der Waals surface area contributed by atoms with Crippen LogP contribution in [0.2, 0.25) is 0 Å². The van der Waals surface area contributed by atoms with Gasteiger partial charge in [-0.05, 0) is 23.8 Å². The van der Waals surface area contributed by atoms with Crippen molar-refractivity contribution in [1.29, 1.82) is 21.0 Å². The van der Waals surface area contributed by atoms with Gasteiger partial charge in [0.05, 0.1) is 11.4 Å². The average Bonchev–Trinajstić information content (AvgIpc) is 3.37. The zero-order valence-electron chi connectivity index (χ0n) is 17.1. The summed E-state index contributed by atoms with van der Waals surface area (Å²) >= 11 is 0. The van der Waals surface area contributed by atoms with E-state index in [0.29, 0.717) is 28.1 Å². The Balaban J connectivity index is 2.11. The van der Waals surface area contributed by atoms with E-state index in [1.54, 1.807) is 48.8 Å². The Hall–Kier alpha value is -5.44. The van der Waals surface area contributed by atoms with Gasteiger partial charge in [-0.2, -0.15) is 21.0 Å². The van der Waals surface area contributed by atoms with Crippen LogP contribution in [0.3, 0.4) is 0 Å². The lowest BCUT2D eigenvalue weighted by molar-refractivity contribution is 0.506. The van der Waals surface area contributed by atoms with Crippen molar-refractivity contribution in [3.8, 4) is 35.7 Å². The number of fused-ring (bicyclic) bond motifs is 4. The highest BCUT2D eigenvalue weighted by Gasteiger charge is 2.40. The van der Waals surface area contributed by atoms with Gasteiger partial charge >= 0.3 is 0 Å². The molecule has 0 N–H and O–H groups in total. The molecule has 2 aliphatic carbocycles. The van der Waals surface area contributed by atoms with E-state index in [1.165, 1.54) is 6.07 Å². The molecule has 0 saturated carbocycles. The van der Waals surface area contributed by atoms with E-state index in [4.69, 9.17) is 0 Å². The molecular weight excluding hydrogens is 434 g/mol. The van der Waals surface area contributed by atoms with Crippen LogP contribution in [0.15, 0.2) is 65.5 Å². The third-order valence-electron chi connectivity index (χ3n) is 5.69. The SMILES string of the molecule is N#CC(C#N)=C1C(=C2c3cccnc3-c3ncccc32)C(=C(C#N)C#N)c2c1ccc(F)c2F. The van der Waals surface area contributed by atoms with Crippen molar-refractivity contribution in [2.45, 2.75) is 0 Å². The van der Waals surface area contributed by atoms with Crippen molar-refractivity contribution < 1.29 is 8.78 Å². The number of nitrogens with zero attached hydrogens (tertiary/aromatic N) is 6. The molecule has 0 atom stereocenters. The van der Waals surface area contributed by atoms with Gasteiger partial charge in [0.25, 0.3) is 0 Å². The van der Waals surface area contributed by atoms with Gasteiger partial charge in [-0.15, -0.1) is 0 Å². The predicted octanol–water partition coefficient (Wildman–Crippen LogP) is 4.85. The molecule has 6 nitrogen and oxygen atoms in total. The summed E-state index contributed by atoms with van der Waals surface area (Å²) in [6.07, 6.45) is 3.14. The summed E-state index contributed by atoms with van der Waals surface area (Å²) in [4.78, 5) is 8.80. The van der Waals surface area contributed by atoms with Crippen LogP contribution in [0.25, 0.3) is 28.1 Å². The Bertz CT molecular complexity index is 1640. The number of allylic oxidation sites excluding steroid dienone is 5. The summed E-state index contributed by atoms with van der Waals surface area (Å²) in [6, 6.07) is 16.1. The minimum absolute atomic E-state index is 0.0124. The highest BCUT2D eigenvalue weighted by molar-refractivity contribution is 6.20. The quantitative estimate of drug-likeness (QED) is 0.359. The Morgan fingerprint density at radius 2 is 1.18 bits per heavy atom. The van der Waals surface area contributed by atoms with Crippen LogP contribution in [0.4, 0.5) is 8.78 Å². The third kappa shape index (κ3) is 2.61. The Labute approximate surface area is 191 Å². The van der Waals surface area contributed by atoms with E-state index >= 15 is 4.39 Å². The Morgan fingerprint density at radius 1 is 0.647 bits per heavy atom. The van der Waals surface area contributed by atoms with Crippen molar-refractivity contribution in [1.82, 2.24) is 9.97 Å². The van der Waals surface area contributed by atoms with Crippen LogP contribution in [0.5, 0.6) is 0 Å². The lowest BCUT2D eigenvalue weighted by Crippen LogP contribution is -1.97. The second kappa shape index (κ2) is 7.61. The van der Waals surface area contributed by atoms with Crippen molar-refractivity contribution in [3.63, 3.8) is 0 Å². The van der Waals surface area contributed by atoms with Crippen molar-refractivity contribution in [2.24, 2.45) is 0 Å². The number of benzene rings is 1. The zero-order chi connectivity index (χ0) is 24.0. The van der Waals surface area contributed by atoms with E-state index < -0.39 is 17.2 Å². The van der Waals surface area contributed by atoms with E-state index in [1.807, 2.05) is 12.1 Å². The fourth-order valence-electron chi connectivity index (χ4n) is 4.43. The Morgan fingerprint density at radius 3 is 1.71 bits per heavy atom. The maximum absolute atomic E-state index is 15.2. The van der Waals surface area contributed by atoms with Gasteiger partial charge in [-0.3, -0.25) is 9.97 Å². The van der Waals surface area contributed by atoms with Gasteiger partial charge in [-0.1, -0.05) is 18.2 Å². The largest absolute Gasteiger partial charge is 0.254 e. The summed E-state index contributed by atoms with van der Waals surface area (Å²) in [6.45, 7) is 0. The molecule has 2 aliphatic rings. The molecule has 5 rings (SSSR count). The van der Waals surface area contributed by atoms with Gasteiger partial charge in [-0.25, -0.2) is 8.78 Å². The number of hydrogen-bond acceptors (Lipinski definition) is 6. The van der Waals surface area contributed by atoms with Crippen LogP contribution < -0.4 is 0 Å². The second-order valence-electron chi connectivity index (χ2n) is 7.28. The van der Waals surface area contributed by atoms with Crippen LogP contribution >= 0.6 is 0 Å².